The summed E-state index contributed by atoms with van der Waals surface area (Å²) < 4.78 is 2.19. The number of aromatic nitrogens is 1. The van der Waals surface area contributed by atoms with Gasteiger partial charge < -0.3 is 14.5 Å². The summed E-state index contributed by atoms with van der Waals surface area (Å²) >= 11 is 5.83. The van der Waals surface area contributed by atoms with Gasteiger partial charge in [0.25, 0.3) is 0 Å². The standard InChI is InChI=1S/C19H18ClN3O2/c1-12(2)23-11-13(15-5-3-4-6-18(15)23)10-21-22-14-7-8-17(20)16(9-14)19(24)25/h3-12,22H,1-2H3,(H,24,25)/p-1/b21-10-. The van der Waals surface area contributed by atoms with E-state index < -0.39 is 5.97 Å². The lowest BCUT2D eigenvalue weighted by molar-refractivity contribution is -0.255. The summed E-state index contributed by atoms with van der Waals surface area (Å²) in [4.78, 5) is 11.0. The highest BCUT2D eigenvalue weighted by molar-refractivity contribution is 6.33. The fraction of sp³-hybridized carbons (Fsp3) is 0.158. The van der Waals surface area contributed by atoms with Crippen LogP contribution in [0.25, 0.3) is 10.9 Å². The smallest absolute Gasteiger partial charge is 0.0731 e. The molecule has 0 aliphatic carbocycles. The highest BCUT2D eigenvalue weighted by Gasteiger charge is 2.08. The first-order valence-electron chi connectivity index (χ1n) is 7.87. The van der Waals surface area contributed by atoms with Crippen molar-refractivity contribution in [3.63, 3.8) is 0 Å². The number of halogens is 1. The Morgan fingerprint density at radius 3 is 2.76 bits per heavy atom. The highest BCUT2D eigenvalue weighted by atomic mass is 35.5. The van der Waals surface area contributed by atoms with Crippen molar-refractivity contribution in [3.05, 3.63) is 64.8 Å². The van der Waals surface area contributed by atoms with Gasteiger partial charge in [0, 0.05) is 39.3 Å². The van der Waals surface area contributed by atoms with E-state index in [1.807, 2.05) is 18.2 Å². The second-order valence-corrected chi connectivity index (χ2v) is 6.36. The number of aromatic carboxylic acids is 1. The predicted octanol–water partition coefficient (Wildman–Crippen LogP) is 3.69. The number of fused-ring (bicyclic) bond motifs is 1. The molecule has 0 aliphatic rings. The second-order valence-electron chi connectivity index (χ2n) is 5.95. The SMILES string of the molecule is CC(C)n1cc(/C=N\Nc2ccc(Cl)c(C(=O)[O-])c2)c2ccccc21. The number of carbonyl (C=O) groups is 1. The molecule has 0 atom stereocenters. The molecule has 1 aromatic heterocycles. The van der Waals surface area contributed by atoms with Crippen molar-refractivity contribution in [2.24, 2.45) is 5.10 Å². The van der Waals surface area contributed by atoms with Gasteiger partial charge >= 0.3 is 0 Å². The number of carboxylic acids is 1. The average Bonchev–Trinajstić information content (AvgIpc) is 2.95. The van der Waals surface area contributed by atoms with Crippen molar-refractivity contribution >= 4 is 40.4 Å². The number of hydrogen-bond acceptors (Lipinski definition) is 4. The number of carboxylic acid groups (broad SMARTS) is 1. The van der Waals surface area contributed by atoms with Crippen LogP contribution in [0.5, 0.6) is 0 Å². The molecule has 0 spiro atoms. The fourth-order valence-corrected chi connectivity index (χ4v) is 2.88. The van der Waals surface area contributed by atoms with Gasteiger partial charge in [-0.25, -0.2) is 0 Å². The van der Waals surface area contributed by atoms with Crippen molar-refractivity contribution in [3.8, 4) is 0 Å². The Morgan fingerprint density at radius 2 is 2.04 bits per heavy atom. The Labute approximate surface area is 150 Å². The summed E-state index contributed by atoms with van der Waals surface area (Å²) in [5.74, 6) is -1.32. The minimum atomic E-state index is -1.32. The van der Waals surface area contributed by atoms with Crippen LogP contribution in [0.15, 0.2) is 53.8 Å². The third kappa shape index (κ3) is 3.51. The van der Waals surface area contributed by atoms with Crippen molar-refractivity contribution in [1.29, 1.82) is 0 Å². The first-order valence-corrected chi connectivity index (χ1v) is 8.24. The Balaban J connectivity index is 1.87. The van der Waals surface area contributed by atoms with Crippen LogP contribution in [0.1, 0.15) is 35.8 Å². The molecule has 0 radical (unpaired) electrons. The number of hydrazone groups is 1. The van der Waals surface area contributed by atoms with Crippen LogP contribution >= 0.6 is 11.6 Å². The Kier molecular flexibility index (Phi) is 4.76. The number of para-hydroxylation sites is 1. The number of nitrogens with one attached hydrogen (secondary N) is 1. The minimum absolute atomic E-state index is 0.0710. The van der Waals surface area contributed by atoms with Crippen LogP contribution < -0.4 is 10.5 Å². The summed E-state index contributed by atoms with van der Waals surface area (Å²) in [5.41, 5.74) is 5.40. The third-order valence-electron chi connectivity index (χ3n) is 3.91. The molecule has 0 saturated heterocycles. The van der Waals surface area contributed by atoms with Crippen LogP contribution in [0.2, 0.25) is 5.02 Å². The van der Waals surface area contributed by atoms with Gasteiger partial charge in [-0.3, -0.25) is 5.43 Å². The maximum atomic E-state index is 11.0. The van der Waals surface area contributed by atoms with Gasteiger partial charge in [-0.05, 0) is 38.1 Å². The molecule has 0 aliphatic heterocycles. The van der Waals surface area contributed by atoms with Crippen LogP contribution in [0.3, 0.4) is 0 Å². The van der Waals surface area contributed by atoms with E-state index >= 15 is 0 Å². The van der Waals surface area contributed by atoms with Gasteiger partial charge in [-0.2, -0.15) is 5.10 Å². The largest absolute Gasteiger partial charge is 0.545 e. The molecule has 6 heteroatoms. The molecule has 128 valence electrons. The molecule has 0 amide bonds. The molecule has 3 rings (SSSR count). The number of rotatable bonds is 5. The quantitative estimate of drug-likeness (QED) is 0.561. The van der Waals surface area contributed by atoms with E-state index in [1.165, 1.54) is 12.1 Å². The number of hydrogen-bond donors (Lipinski definition) is 1. The number of anilines is 1. The average molecular weight is 355 g/mol. The van der Waals surface area contributed by atoms with Crippen LogP contribution in [0, 0.1) is 0 Å². The normalized spacial score (nSPS) is 11.5. The molecule has 0 saturated carbocycles. The molecular formula is C19H17ClN3O2-. The highest BCUT2D eigenvalue weighted by Crippen LogP contribution is 2.24. The topological polar surface area (TPSA) is 69.5 Å². The molecular weight excluding hydrogens is 338 g/mol. The number of nitrogens with zero attached hydrogens (tertiary/aromatic N) is 2. The van der Waals surface area contributed by atoms with E-state index in [0.717, 1.165) is 16.5 Å². The molecule has 5 nitrogen and oxygen atoms in total. The maximum Gasteiger partial charge on any atom is 0.0731 e. The molecule has 2 aromatic carbocycles. The number of benzene rings is 2. The van der Waals surface area contributed by atoms with Crippen molar-refractivity contribution in [2.75, 3.05) is 5.43 Å². The van der Waals surface area contributed by atoms with E-state index in [4.69, 9.17) is 11.6 Å². The lowest BCUT2D eigenvalue weighted by atomic mass is 10.2. The molecule has 1 N–H and O–H groups in total. The monoisotopic (exact) mass is 354 g/mol. The minimum Gasteiger partial charge on any atom is -0.545 e. The molecule has 3 aromatic rings. The second kappa shape index (κ2) is 6.99. The Bertz CT molecular complexity index is 960. The fourth-order valence-electron chi connectivity index (χ4n) is 2.69. The van der Waals surface area contributed by atoms with Gasteiger partial charge in [-0.1, -0.05) is 29.8 Å². The zero-order valence-corrected chi connectivity index (χ0v) is 14.6. The lowest BCUT2D eigenvalue weighted by Crippen LogP contribution is -2.22. The summed E-state index contributed by atoms with van der Waals surface area (Å²) in [6.45, 7) is 4.25. The summed E-state index contributed by atoms with van der Waals surface area (Å²) in [6, 6.07) is 13.0. The van der Waals surface area contributed by atoms with E-state index in [0.29, 0.717) is 11.7 Å². The maximum absolute atomic E-state index is 11.0. The zero-order chi connectivity index (χ0) is 18.0. The van der Waals surface area contributed by atoms with Gasteiger partial charge in [0.1, 0.15) is 0 Å². The van der Waals surface area contributed by atoms with E-state index in [2.05, 4.69) is 41.2 Å². The van der Waals surface area contributed by atoms with Gasteiger partial charge in [-0.15, -0.1) is 0 Å². The predicted molar refractivity (Wildman–Crippen MR) is 99.3 cm³/mol. The van der Waals surface area contributed by atoms with Crippen LogP contribution in [-0.2, 0) is 0 Å². The summed E-state index contributed by atoms with van der Waals surface area (Å²) in [6.07, 6.45) is 3.77. The van der Waals surface area contributed by atoms with E-state index in [-0.39, 0.29) is 10.6 Å². The first-order chi connectivity index (χ1) is 12.0. The van der Waals surface area contributed by atoms with Crippen LogP contribution in [-0.4, -0.2) is 16.8 Å². The molecule has 25 heavy (non-hydrogen) atoms. The van der Waals surface area contributed by atoms with Crippen molar-refractivity contribution < 1.29 is 9.90 Å². The Morgan fingerprint density at radius 1 is 1.28 bits per heavy atom. The summed E-state index contributed by atoms with van der Waals surface area (Å²) in [7, 11) is 0. The van der Waals surface area contributed by atoms with E-state index in [9.17, 15) is 9.90 Å². The Hall–Kier alpha value is -2.79. The zero-order valence-electron chi connectivity index (χ0n) is 13.9. The van der Waals surface area contributed by atoms with Crippen molar-refractivity contribution in [1.82, 2.24) is 4.57 Å². The molecule has 0 unspecified atom stereocenters. The summed E-state index contributed by atoms with van der Waals surface area (Å²) in [5, 5.41) is 16.5. The molecule has 1 heterocycles. The first kappa shape index (κ1) is 17.0. The van der Waals surface area contributed by atoms with Gasteiger partial charge in [0.05, 0.1) is 17.9 Å². The van der Waals surface area contributed by atoms with E-state index in [1.54, 1.807) is 12.3 Å². The third-order valence-corrected chi connectivity index (χ3v) is 4.24. The van der Waals surface area contributed by atoms with Gasteiger partial charge in [0.2, 0.25) is 0 Å². The number of carbonyl (C=O) groups excluding carboxylic acids is 1. The lowest BCUT2D eigenvalue weighted by Gasteiger charge is -2.08. The van der Waals surface area contributed by atoms with Crippen molar-refractivity contribution in [2.45, 2.75) is 19.9 Å². The molecule has 0 fully saturated rings. The van der Waals surface area contributed by atoms with Crippen LogP contribution in [0.4, 0.5) is 5.69 Å². The molecule has 0 bridgehead atoms. The van der Waals surface area contributed by atoms with Gasteiger partial charge in [0.15, 0.2) is 0 Å².